The van der Waals surface area contributed by atoms with Gasteiger partial charge in [0.15, 0.2) is 5.78 Å². The van der Waals surface area contributed by atoms with E-state index in [1.165, 1.54) is 6.08 Å². The molecule has 4 saturated heterocycles. The van der Waals surface area contributed by atoms with Crippen LogP contribution in [0.15, 0.2) is 12.2 Å². The van der Waals surface area contributed by atoms with Crippen molar-refractivity contribution < 1.29 is 28.6 Å². The summed E-state index contributed by atoms with van der Waals surface area (Å²) in [6, 6.07) is 0.328. The number of Topliss-reactive ketones (excluding diaryl/α,β-unsaturated/α-hetero) is 1. The molecule has 5 aliphatic heterocycles. The van der Waals surface area contributed by atoms with Crippen molar-refractivity contribution in [3.8, 4) is 0 Å². The molecular weight excluding hydrogens is 362 g/mol. The Hall–Kier alpha value is -1.73. The van der Waals surface area contributed by atoms with Crippen molar-refractivity contribution in [1.29, 1.82) is 0 Å². The summed E-state index contributed by atoms with van der Waals surface area (Å²) in [6.07, 6.45) is 6.27. The van der Waals surface area contributed by atoms with Gasteiger partial charge in [-0.15, -0.1) is 0 Å². The molecule has 0 aromatic rings. The molecular formula is C21H27NO6. The third-order valence-electron chi connectivity index (χ3n) is 7.47. The van der Waals surface area contributed by atoms with Crippen LogP contribution in [0.3, 0.4) is 0 Å². The van der Waals surface area contributed by atoms with Crippen molar-refractivity contribution in [3.63, 3.8) is 0 Å². The van der Waals surface area contributed by atoms with Crippen molar-refractivity contribution in [2.75, 3.05) is 6.54 Å². The van der Waals surface area contributed by atoms with Gasteiger partial charge in [-0.25, -0.2) is 4.79 Å². The third-order valence-corrected chi connectivity index (χ3v) is 7.47. The van der Waals surface area contributed by atoms with Crippen LogP contribution < -0.4 is 0 Å². The zero-order chi connectivity index (χ0) is 19.6. The van der Waals surface area contributed by atoms with Crippen LogP contribution in [0.5, 0.6) is 0 Å². The lowest BCUT2D eigenvalue weighted by atomic mass is 9.77. The van der Waals surface area contributed by atoms with Gasteiger partial charge in [0.2, 0.25) is 5.79 Å². The number of fused-ring (bicyclic) bond motifs is 3. The van der Waals surface area contributed by atoms with Gasteiger partial charge < -0.3 is 14.2 Å². The number of esters is 2. The maximum Gasteiger partial charge on any atom is 0.333 e. The average molecular weight is 389 g/mol. The van der Waals surface area contributed by atoms with Crippen LogP contribution in [0.2, 0.25) is 0 Å². The van der Waals surface area contributed by atoms with Gasteiger partial charge in [-0.3, -0.25) is 14.5 Å². The molecule has 5 rings (SSSR count). The summed E-state index contributed by atoms with van der Waals surface area (Å²) < 4.78 is 17.4. The molecule has 5 heterocycles. The van der Waals surface area contributed by atoms with Crippen molar-refractivity contribution in [1.82, 2.24) is 4.90 Å². The first-order valence-electron chi connectivity index (χ1n) is 10.5. The molecule has 5 aliphatic rings. The fourth-order valence-electron chi connectivity index (χ4n) is 6.26. The highest BCUT2D eigenvalue weighted by molar-refractivity contribution is 5.87. The SMILES string of the molecule is CC[C@H]1[C@H]2[C@H](O[C@@]13C=CC(=O)O3)C(=O)CCN1[C@@H]2CC[C@H]1[C@@H]1C[C@H](C)C(=O)O1. The molecule has 8 atom stereocenters. The van der Waals surface area contributed by atoms with Gasteiger partial charge >= 0.3 is 11.9 Å². The predicted octanol–water partition coefficient (Wildman–Crippen LogP) is 1.59. The van der Waals surface area contributed by atoms with Crippen LogP contribution in [0.1, 0.15) is 46.0 Å². The minimum atomic E-state index is -1.10. The molecule has 0 saturated carbocycles. The van der Waals surface area contributed by atoms with E-state index in [-0.39, 0.29) is 47.7 Å². The molecule has 7 heteroatoms. The Morgan fingerprint density at radius 2 is 2.00 bits per heavy atom. The maximum atomic E-state index is 12.9. The van der Waals surface area contributed by atoms with E-state index in [0.717, 1.165) is 25.7 Å². The van der Waals surface area contributed by atoms with Crippen molar-refractivity contribution in [2.24, 2.45) is 17.8 Å². The number of ketones is 1. The minimum absolute atomic E-state index is 0.0184. The first-order valence-corrected chi connectivity index (χ1v) is 10.5. The van der Waals surface area contributed by atoms with Crippen LogP contribution >= 0.6 is 0 Å². The van der Waals surface area contributed by atoms with E-state index < -0.39 is 17.9 Å². The Labute approximate surface area is 164 Å². The third kappa shape index (κ3) is 2.52. The van der Waals surface area contributed by atoms with Gasteiger partial charge in [-0.1, -0.05) is 13.8 Å². The van der Waals surface area contributed by atoms with Crippen molar-refractivity contribution in [3.05, 3.63) is 12.2 Å². The summed E-state index contributed by atoms with van der Waals surface area (Å²) in [6.45, 7) is 4.65. The fourth-order valence-corrected chi connectivity index (χ4v) is 6.26. The van der Waals surface area contributed by atoms with E-state index in [1.807, 2.05) is 6.92 Å². The van der Waals surface area contributed by atoms with Gasteiger partial charge in [0.25, 0.3) is 0 Å². The quantitative estimate of drug-likeness (QED) is 0.664. The second kappa shape index (κ2) is 6.39. The summed E-state index contributed by atoms with van der Waals surface area (Å²) in [7, 11) is 0. The Balaban J connectivity index is 1.46. The van der Waals surface area contributed by atoms with E-state index in [2.05, 4.69) is 11.8 Å². The van der Waals surface area contributed by atoms with E-state index in [1.54, 1.807) is 6.08 Å². The number of carbonyl (C=O) groups is 3. The van der Waals surface area contributed by atoms with Crippen LogP contribution in [0, 0.1) is 17.8 Å². The van der Waals surface area contributed by atoms with Crippen LogP contribution in [-0.2, 0) is 28.6 Å². The van der Waals surface area contributed by atoms with Gasteiger partial charge in [-0.05, 0) is 31.8 Å². The van der Waals surface area contributed by atoms with Crippen molar-refractivity contribution >= 4 is 17.7 Å². The zero-order valence-electron chi connectivity index (χ0n) is 16.3. The summed E-state index contributed by atoms with van der Waals surface area (Å²) in [5.41, 5.74) is 0. The number of hydrogen-bond acceptors (Lipinski definition) is 7. The average Bonchev–Trinajstić information content (AvgIpc) is 3.38. The molecule has 0 N–H and O–H groups in total. The standard InChI is InChI=1S/C21H27NO6/c1-3-12-18-14-5-4-13(16-10-11(2)20(25)26-16)22(14)9-7-15(23)19(18)28-21(12)8-6-17(24)27-21/h6,8,11-14,16,18-19H,3-5,7,9-10H2,1-2H3/t11-,12-,13-,14+,16-,18+,19+,21-/m0/s1. The molecule has 0 radical (unpaired) electrons. The molecule has 0 amide bonds. The Morgan fingerprint density at radius 1 is 1.21 bits per heavy atom. The largest absolute Gasteiger partial charge is 0.460 e. The van der Waals surface area contributed by atoms with Crippen LogP contribution in [0.4, 0.5) is 0 Å². The van der Waals surface area contributed by atoms with Gasteiger partial charge in [0, 0.05) is 43.0 Å². The molecule has 0 aromatic carbocycles. The lowest BCUT2D eigenvalue weighted by Gasteiger charge is -2.36. The fraction of sp³-hybridized carbons (Fsp3) is 0.762. The lowest BCUT2D eigenvalue weighted by Crippen LogP contribution is -2.48. The Morgan fingerprint density at radius 3 is 2.64 bits per heavy atom. The van der Waals surface area contributed by atoms with Crippen LogP contribution in [0.25, 0.3) is 0 Å². The highest BCUT2D eigenvalue weighted by Crippen LogP contribution is 2.52. The first-order chi connectivity index (χ1) is 13.4. The number of rotatable bonds is 2. The molecule has 152 valence electrons. The first kappa shape index (κ1) is 18.3. The van der Waals surface area contributed by atoms with E-state index >= 15 is 0 Å². The summed E-state index contributed by atoms with van der Waals surface area (Å²) in [4.78, 5) is 39.1. The second-order valence-electron chi connectivity index (χ2n) is 8.88. The highest BCUT2D eigenvalue weighted by atomic mass is 16.7. The predicted molar refractivity (Wildman–Crippen MR) is 96.9 cm³/mol. The number of ether oxygens (including phenoxy) is 3. The molecule has 0 unspecified atom stereocenters. The normalized spacial score (nSPS) is 47.9. The lowest BCUT2D eigenvalue weighted by molar-refractivity contribution is -0.204. The molecule has 28 heavy (non-hydrogen) atoms. The number of carbonyl (C=O) groups excluding carboxylic acids is 3. The highest BCUT2D eigenvalue weighted by Gasteiger charge is 2.63. The van der Waals surface area contributed by atoms with Gasteiger partial charge in [0.1, 0.15) is 12.2 Å². The monoisotopic (exact) mass is 389 g/mol. The smallest absolute Gasteiger partial charge is 0.333 e. The number of cyclic esters (lactones) is 1. The summed E-state index contributed by atoms with van der Waals surface area (Å²) >= 11 is 0. The van der Waals surface area contributed by atoms with Crippen molar-refractivity contribution in [2.45, 2.75) is 76.0 Å². The van der Waals surface area contributed by atoms with Gasteiger partial charge in [0.05, 0.1) is 5.92 Å². The summed E-state index contributed by atoms with van der Waals surface area (Å²) in [5.74, 6) is -1.68. The number of hydrogen-bond donors (Lipinski definition) is 0. The number of nitrogens with zero attached hydrogens (tertiary/aromatic N) is 1. The molecule has 0 aromatic heterocycles. The Bertz CT molecular complexity index is 749. The van der Waals surface area contributed by atoms with E-state index in [0.29, 0.717) is 13.0 Å². The van der Waals surface area contributed by atoms with Gasteiger partial charge in [-0.2, -0.15) is 0 Å². The molecule has 7 nitrogen and oxygen atoms in total. The second-order valence-corrected chi connectivity index (χ2v) is 8.88. The zero-order valence-corrected chi connectivity index (χ0v) is 16.3. The summed E-state index contributed by atoms with van der Waals surface area (Å²) in [5, 5.41) is 0. The van der Waals surface area contributed by atoms with E-state index in [4.69, 9.17) is 14.2 Å². The molecule has 4 fully saturated rings. The molecule has 1 spiro atoms. The topological polar surface area (TPSA) is 82.1 Å². The van der Waals surface area contributed by atoms with E-state index in [9.17, 15) is 14.4 Å². The molecule has 0 aliphatic carbocycles. The molecule has 0 bridgehead atoms. The van der Waals surface area contributed by atoms with Crippen LogP contribution in [-0.4, -0.2) is 59.2 Å². The Kier molecular flexibility index (Phi) is 4.18. The maximum absolute atomic E-state index is 12.9. The minimum Gasteiger partial charge on any atom is -0.460 e.